The Morgan fingerprint density at radius 2 is 2.00 bits per heavy atom. The minimum atomic E-state index is 0.121. The van der Waals surface area contributed by atoms with Crippen molar-refractivity contribution in [2.45, 2.75) is 32.7 Å². The summed E-state index contributed by atoms with van der Waals surface area (Å²) in [7, 11) is 0. The van der Waals surface area contributed by atoms with Crippen LogP contribution >= 0.6 is 11.3 Å². The minimum absolute atomic E-state index is 0.121. The van der Waals surface area contributed by atoms with E-state index in [4.69, 9.17) is 0 Å². The van der Waals surface area contributed by atoms with Gasteiger partial charge >= 0.3 is 0 Å². The van der Waals surface area contributed by atoms with Gasteiger partial charge < -0.3 is 5.32 Å². The Kier molecular flexibility index (Phi) is 3.38. The average molecular weight is 248 g/mol. The van der Waals surface area contributed by atoms with E-state index in [9.17, 15) is 0 Å². The predicted molar refractivity (Wildman–Crippen MR) is 70.2 cm³/mol. The fraction of sp³-hybridized carbons (Fsp3) is 0.417. The van der Waals surface area contributed by atoms with E-state index in [0.717, 1.165) is 17.4 Å². The van der Waals surface area contributed by atoms with E-state index in [1.54, 1.807) is 29.9 Å². The van der Waals surface area contributed by atoms with Gasteiger partial charge in [-0.2, -0.15) is 0 Å². The molecule has 2 rings (SSSR count). The fourth-order valence-electron chi connectivity index (χ4n) is 1.30. The summed E-state index contributed by atoms with van der Waals surface area (Å²) in [6.45, 7) is 7.26. The molecule has 5 heteroatoms. The molecule has 0 bridgehead atoms. The van der Waals surface area contributed by atoms with Crippen molar-refractivity contribution in [2.24, 2.45) is 0 Å². The molecule has 0 amide bonds. The average Bonchev–Trinajstić information content (AvgIpc) is 2.76. The van der Waals surface area contributed by atoms with E-state index >= 15 is 0 Å². The van der Waals surface area contributed by atoms with Gasteiger partial charge in [-0.1, -0.05) is 20.8 Å². The second-order valence-corrected chi connectivity index (χ2v) is 5.94. The highest BCUT2D eigenvalue weighted by atomic mass is 32.1. The SMILES string of the molecule is CC(C)(C)c1ncc(CNc2cnccn2)s1. The number of nitrogens with one attached hydrogen (secondary N) is 1. The maximum absolute atomic E-state index is 4.44. The van der Waals surface area contributed by atoms with E-state index < -0.39 is 0 Å². The molecule has 0 spiro atoms. The summed E-state index contributed by atoms with van der Waals surface area (Å²) in [6, 6.07) is 0. The Balaban J connectivity index is 1.99. The maximum atomic E-state index is 4.44. The Morgan fingerprint density at radius 1 is 1.18 bits per heavy atom. The van der Waals surface area contributed by atoms with Crippen LogP contribution in [-0.4, -0.2) is 15.0 Å². The molecule has 0 aromatic carbocycles. The van der Waals surface area contributed by atoms with Gasteiger partial charge in [0, 0.05) is 28.9 Å². The van der Waals surface area contributed by atoms with Crippen LogP contribution in [0.4, 0.5) is 5.82 Å². The third-order valence-electron chi connectivity index (χ3n) is 2.20. The normalized spacial score (nSPS) is 11.5. The number of anilines is 1. The quantitative estimate of drug-likeness (QED) is 0.907. The number of hydrogen-bond acceptors (Lipinski definition) is 5. The first kappa shape index (κ1) is 12.0. The van der Waals surface area contributed by atoms with Crippen LogP contribution < -0.4 is 5.32 Å². The van der Waals surface area contributed by atoms with Crippen molar-refractivity contribution < 1.29 is 0 Å². The summed E-state index contributed by atoms with van der Waals surface area (Å²) in [4.78, 5) is 13.8. The third kappa shape index (κ3) is 3.23. The third-order valence-corrected chi connectivity index (χ3v) is 3.63. The smallest absolute Gasteiger partial charge is 0.144 e. The second-order valence-electron chi connectivity index (χ2n) is 4.83. The van der Waals surface area contributed by atoms with Crippen molar-refractivity contribution in [1.29, 1.82) is 0 Å². The molecule has 4 nitrogen and oxygen atoms in total. The van der Waals surface area contributed by atoms with E-state index in [1.165, 1.54) is 4.88 Å². The van der Waals surface area contributed by atoms with E-state index in [-0.39, 0.29) is 5.41 Å². The zero-order chi connectivity index (χ0) is 12.3. The zero-order valence-corrected chi connectivity index (χ0v) is 11.1. The van der Waals surface area contributed by atoms with Crippen molar-refractivity contribution in [3.05, 3.63) is 34.7 Å². The van der Waals surface area contributed by atoms with Gasteiger partial charge in [-0.05, 0) is 0 Å². The molecular formula is C12H16N4S. The van der Waals surface area contributed by atoms with E-state index in [0.29, 0.717) is 0 Å². The Labute approximate surface area is 105 Å². The van der Waals surface area contributed by atoms with Crippen LogP contribution in [0.2, 0.25) is 0 Å². The standard InChI is InChI=1S/C12H16N4S/c1-12(2,3)11-16-7-9(17-11)6-15-10-8-13-4-5-14-10/h4-5,7-8H,6H2,1-3H3,(H,14,15). The molecule has 17 heavy (non-hydrogen) atoms. The number of hydrogen-bond donors (Lipinski definition) is 1. The molecule has 0 aliphatic heterocycles. The Hall–Kier alpha value is -1.49. The molecule has 2 aromatic heterocycles. The lowest BCUT2D eigenvalue weighted by Gasteiger charge is -2.13. The number of nitrogens with zero attached hydrogens (tertiary/aromatic N) is 3. The molecule has 0 radical (unpaired) electrons. The number of aromatic nitrogens is 3. The molecule has 0 fully saturated rings. The van der Waals surface area contributed by atoms with Crippen LogP contribution in [-0.2, 0) is 12.0 Å². The number of rotatable bonds is 3. The van der Waals surface area contributed by atoms with Crippen molar-refractivity contribution in [1.82, 2.24) is 15.0 Å². The van der Waals surface area contributed by atoms with Gasteiger partial charge in [-0.15, -0.1) is 11.3 Å². The molecular weight excluding hydrogens is 232 g/mol. The highest BCUT2D eigenvalue weighted by Crippen LogP contribution is 2.26. The van der Waals surface area contributed by atoms with Crippen LogP contribution in [0.1, 0.15) is 30.7 Å². The number of thiazole rings is 1. The Bertz CT molecular complexity index is 473. The van der Waals surface area contributed by atoms with Crippen LogP contribution in [0, 0.1) is 0 Å². The molecule has 2 aromatic rings. The summed E-state index contributed by atoms with van der Waals surface area (Å²) in [5.74, 6) is 0.790. The molecule has 0 saturated carbocycles. The van der Waals surface area contributed by atoms with Crippen molar-refractivity contribution in [2.75, 3.05) is 5.32 Å². The lowest BCUT2D eigenvalue weighted by Crippen LogP contribution is -2.09. The van der Waals surface area contributed by atoms with Crippen molar-refractivity contribution >= 4 is 17.2 Å². The van der Waals surface area contributed by atoms with E-state index in [1.807, 2.05) is 6.20 Å². The highest BCUT2D eigenvalue weighted by Gasteiger charge is 2.17. The van der Waals surface area contributed by atoms with Crippen LogP contribution in [0.15, 0.2) is 24.8 Å². The fourth-order valence-corrected chi connectivity index (χ4v) is 2.21. The van der Waals surface area contributed by atoms with Gasteiger partial charge in [-0.3, -0.25) is 4.98 Å². The summed E-state index contributed by atoms with van der Waals surface area (Å²) in [5, 5.41) is 4.38. The summed E-state index contributed by atoms with van der Waals surface area (Å²) in [6.07, 6.45) is 6.98. The maximum Gasteiger partial charge on any atom is 0.144 e. The molecule has 0 aliphatic carbocycles. The van der Waals surface area contributed by atoms with Gasteiger partial charge in [0.25, 0.3) is 0 Å². The monoisotopic (exact) mass is 248 g/mol. The van der Waals surface area contributed by atoms with Gasteiger partial charge in [0.05, 0.1) is 17.7 Å². The summed E-state index contributed by atoms with van der Waals surface area (Å²) in [5.41, 5.74) is 0.121. The molecule has 90 valence electrons. The summed E-state index contributed by atoms with van der Waals surface area (Å²) < 4.78 is 0. The van der Waals surface area contributed by atoms with Gasteiger partial charge in [0.15, 0.2) is 0 Å². The first-order valence-corrected chi connectivity index (χ1v) is 6.32. The predicted octanol–water partition coefficient (Wildman–Crippen LogP) is 2.84. The highest BCUT2D eigenvalue weighted by molar-refractivity contribution is 7.11. The van der Waals surface area contributed by atoms with Crippen LogP contribution in [0.25, 0.3) is 0 Å². The topological polar surface area (TPSA) is 50.7 Å². The van der Waals surface area contributed by atoms with Crippen LogP contribution in [0.3, 0.4) is 0 Å². The Morgan fingerprint density at radius 3 is 2.59 bits per heavy atom. The molecule has 0 atom stereocenters. The lowest BCUT2D eigenvalue weighted by atomic mass is 9.98. The first-order chi connectivity index (χ1) is 8.05. The summed E-state index contributed by atoms with van der Waals surface area (Å²) >= 11 is 1.74. The van der Waals surface area contributed by atoms with Crippen molar-refractivity contribution in [3.63, 3.8) is 0 Å². The largest absolute Gasteiger partial charge is 0.364 e. The van der Waals surface area contributed by atoms with Crippen molar-refractivity contribution in [3.8, 4) is 0 Å². The van der Waals surface area contributed by atoms with Gasteiger partial charge in [-0.25, -0.2) is 9.97 Å². The lowest BCUT2D eigenvalue weighted by molar-refractivity contribution is 0.585. The minimum Gasteiger partial charge on any atom is -0.364 e. The molecule has 0 aliphatic rings. The molecule has 1 N–H and O–H groups in total. The first-order valence-electron chi connectivity index (χ1n) is 5.51. The molecule has 2 heterocycles. The van der Waals surface area contributed by atoms with Gasteiger partial charge in [0.2, 0.25) is 0 Å². The molecule has 0 saturated heterocycles. The van der Waals surface area contributed by atoms with Crippen LogP contribution in [0.5, 0.6) is 0 Å². The van der Waals surface area contributed by atoms with Gasteiger partial charge in [0.1, 0.15) is 5.82 Å². The molecule has 0 unspecified atom stereocenters. The van der Waals surface area contributed by atoms with E-state index in [2.05, 4.69) is 41.0 Å². The second kappa shape index (κ2) is 4.79. The zero-order valence-electron chi connectivity index (χ0n) is 10.3.